The van der Waals surface area contributed by atoms with E-state index in [2.05, 4.69) is 33.6 Å². The molecule has 2 fully saturated rings. The van der Waals surface area contributed by atoms with Gasteiger partial charge in [0.25, 0.3) is 0 Å². The highest BCUT2D eigenvalue weighted by Crippen LogP contribution is 2.30. The fraction of sp³-hybridized carbons (Fsp3) is 0.737. The minimum absolute atomic E-state index is 0.235. The van der Waals surface area contributed by atoms with E-state index in [-0.39, 0.29) is 5.91 Å². The van der Waals surface area contributed by atoms with Gasteiger partial charge in [0.1, 0.15) is 5.82 Å². The van der Waals surface area contributed by atoms with Crippen LogP contribution in [0.5, 0.6) is 0 Å². The molecule has 2 aliphatic heterocycles. The molecule has 0 aliphatic carbocycles. The molecule has 2 atom stereocenters. The van der Waals surface area contributed by atoms with Crippen LogP contribution in [0.15, 0.2) is 12.4 Å². The summed E-state index contributed by atoms with van der Waals surface area (Å²) in [6, 6.07) is 0.873. The van der Waals surface area contributed by atoms with Crippen molar-refractivity contribution in [2.24, 2.45) is 0 Å². The van der Waals surface area contributed by atoms with Crippen molar-refractivity contribution in [3.05, 3.63) is 23.8 Å². The van der Waals surface area contributed by atoms with Crippen molar-refractivity contribution in [2.75, 3.05) is 13.1 Å². The Labute approximate surface area is 145 Å². The van der Waals surface area contributed by atoms with E-state index in [0.29, 0.717) is 18.0 Å². The van der Waals surface area contributed by atoms with Crippen LogP contribution in [0.4, 0.5) is 0 Å². The second kappa shape index (κ2) is 7.60. The Kier molecular flexibility index (Phi) is 5.49. The Morgan fingerprint density at radius 2 is 1.88 bits per heavy atom. The molecule has 0 unspecified atom stereocenters. The Hall–Kier alpha value is -1.49. The fourth-order valence-corrected chi connectivity index (χ4v) is 4.18. The lowest BCUT2D eigenvalue weighted by atomic mass is 9.97. The molecular weight excluding hydrogens is 300 g/mol. The molecule has 0 aromatic carbocycles. The van der Waals surface area contributed by atoms with Gasteiger partial charge < -0.3 is 4.90 Å². The van der Waals surface area contributed by atoms with Crippen LogP contribution in [-0.2, 0) is 11.3 Å². The van der Waals surface area contributed by atoms with Crippen molar-refractivity contribution >= 4 is 5.91 Å². The Balaban J connectivity index is 1.71. The molecule has 132 valence electrons. The molecule has 0 radical (unpaired) electrons. The smallest absolute Gasteiger partial charge is 0.219 e. The Bertz CT molecular complexity index is 557. The zero-order valence-corrected chi connectivity index (χ0v) is 15.2. The second-order valence-corrected chi connectivity index (χ2v) is 7.56. The highest BCUT2D eigenvalue weighted by molar-refractivity contribution is 5.73. The van der Waals surface area contributed by atoms with Crippen LogP contribution < -0.4 is 0 Å². The molecule has 24 heavy (non-hydrogen) atoms. The lowest BCUT2D eigenvalue weighted by Crippen LogP contribution is -2.48. The highest BCUT2D eigenvalue weighted by atomic mass is 16.2. The number of amides is 1. The summed E-state index contributed by atoms with van der Waals surface area (Å²) in [5.74, 6) is 1.51. The summed E-state index contributed by atoms with van der Waals surface area (Å²) in [6.45, 7) is 8.84. The average Bonchev–Trinajstić information content (AvgIpc) is 2.89. The third kappa shape index (κ3) is 3.77. The van der Waals surface area contributed by atoms with Gasteiger partial charge in [-0.3, -0.25) is 9.69 Å². The average molecular weight is 330 g/mol. The molecule has 2 aliphatic rings. The Morgan fingerprint density at radius 1 is 1.12 bits per heavy atom. The van der Waals surface area contributed by atoms with Crippen molar-refractivity contribution < 1.29 is 4.79 Å². The topological polar surface area (TPSA) is 49.3 Å². The van der Waals surface area contributed by atoms with E-state index in [1.165, 1.54) is 24.8 Å². The summed E-state index contributed by atoms with van der Waals surface area (Å²) in [5.41, 5.74) is 1.18. The van der Waals surface area contributed by atoms with Gasteiger partial charge in [0.2, 0.25) is 5.91 Å². The highest BCUT2D eigenvalue weighted by Gasteiger charge is 2.38. The van der Waals surface area contributed by atoms with Gasteiger partial charge in [-0.05, 0) is 19.3 Å². The molecule has 0 bridgehead atoms. The second-order valence-electron chi connectivity index (χ2n) is 7.56. The van der Waals surface area contributed by atoms with Gasteiger partial charge in [-0.15, -0.1) is 0 Å². The van der Waals surface area contributed by atoms with E-state index < -0.39 is 0 Å². The number of rotatable bonds is 3. The number of carbonyl (C=O) groups is 1. The van der Waals surface area contributed by atoms with Crippen LogP contribution in [0.25, 0.3) is 0 Å². The molecule has 5 nitrogen and oxygen atoms in total. The summed E-state index contributed by atoms with van der Waals surface area (Å²) in [4.78, 5) is 25.7. The molecule has 3 rings (SSSR count). The van der Waals surface area contributed by atoms with E-state index in [1.54, 1.807) is 6.92 Å². The molecule has 2 saturated heterocycles. The maximum atomic E-state index is 12.1. The van der Waals surface area contributed by atoms with Gasteiger partial charge in [0.05, 0.1) is 0 Å². The minimum Gasteiger partial charge on any atom is -0.338 e. The monoisotopic (exact) mass is 330 g/mol. The standard InChI is InChI=1S/C19H30N4O/c1-14(2)19-20-11-16(12-21-19)13-22-10-8-18-17(22)7-5-4-6-9-23(18)15(3)24/h11-12,14,17-18H,4-10,13H2,1-3H3/t17-,18+/m1/s1. The van der Waals surface area contributed by atoms with Gasteiger partial charge in [-0.25, -0.2) is 9.97 Å². The van der Waals surface area contributed by atoms with Crippen molar-refractivity contribution in [3.8, 4) is 0 Å². The normalized spacial score (nSPS) is 25.4. The van der Waals surface area contributed by atoms with E-state index in [4.69, 9.17) is 0 Å². The number of nitrogens with zero attached hydrogens (tertiary/aromatic N) is 4. The minimum atomic E-state index is 0.235. The van der Waals surface area contributed by atoms with Crippen LogP contribution in [0.2, 0.25) is 0 Å². The Morgan fingerprint density at radius 3 is 2.54 bits per heavy atom. The third-order valence-corrected chi connectivity index (χ3v) is 5.46. The first kappa shape index (κ1) is 17.3. The number of likely N-dealkylation sites (tertiary alicyclic amines) is 2. The number of fused-ring (bicyclic) bond motifs is 1. The number of hydrogen-bond acceptors (Lipinski definition) is 4. The largest absolute Gasteiger partial charge is 0.338 e. The van der Waals surface area contributed by atoms with Crippen LogP contribution in [-0.4, -0.2) is 50.8 Å². The van der Waals surface area contributed by atoms with Gasteiger partial charge in [-0.1, -0.05) is 26.7 Å². The molecule has 3 heterocycles. The van der Waals surface area contributed by atoms with Crippen LogP contribution >= 0.6 is 0 Å². The SMILES string of the molecule is CC(=O)N1CCCCC[C@@H]2[C@@H]1CCN2Cc1cnc(C(C)C)nc1. The summed E-state index contributed by atoms with van der Waals surface area (Å²) >= 11 is 0. The molecule has 0 saturated carbocycles. The van der Waals surface area contributed by atoms with Crippen molar-refractivity contribution in [1.29, 1.82) is 0 Å². The lowest BCUT2D eigenvalue weighted by Gasteiger charge is -2.37. The zero-order chi connectivity index (χ0) is 17.1. The van der Waals surface area contributed by atoms with Crippen LogP contribution in [0.1, 0.15) is 70.2 Å². The molecule has 0 spiro atoms. The number of aromatic nitrogens is 2. The quantitative estimate of drug-likeness (QED) is 0.855. The first-order valence-corrected chi connectivity index (χ1v) is 9.38. The summed E-state index contributed by atoms with van der Waals surface area (Å²) in [6.07, 6.45) is 9.88. The van der Waals surface area contributed by atoms with Gasteiger partial charge in [-0.2, -0.15) is 0 Å². The van der Waals surface area contributed by atoms with E-state index in [9.17, 15) is 4.79 Å². The molecule has 1 aromatic rings. The molecule has 0 N–H and O–H groups in total. The van der Waals surface area contributed by atoms with Gasteiger partial charge in [0, 0.05) is 62.5 Å². The van der Waals surface area contributed by atoms with E-state index in [0.717, 1.165) is 38.3 Å². The van der Waals surface area contributed by atoms with Crippen molar-refractivity contribution in [3.63, 3.8) is 0 Å². The van der Waals surface area contributed by atoms with Gasteiger partial charge in [0.15, 0.2) is 0 Å². The third-order valence-electron chi connectivity index (χ3n) is 5.46. The first-order valence-electron chi connectivity index (χ1n) is 9.38. The number of hydrogen-bond donors (Lipinski definition) is 0. The molecule has 1 aromatic heterocycles. The fourth-order valence-electron chi connectivity index (χ4n) is 4.18. The van der Waals surface area contributed by atoms with Crippen molar-refractivity contribution in [2.45, 2.75) is 77.4 Å². The molecule has 5 heteroatoms. The first-order chi connectivity index (χ1) is 11.6. The maximum Gasteiger partial charge on any atom is 0.219 e. The van der Waals surface area contributed by atoms with Gasteiger partial charge >= 0.3 is 0 Å². The molecule has 1 amide bonds. The van der Waals surface area contributed by atoms with Crippen LogP contribution in [0, 0.1) is 0 Å². The predicted octanol–water partition coefficient (Wildman–Crippen LogP) is 2.97. The van der Waals surface area contributed by atoms with E-state index >= 15 is 0 Å². The lowest BCUT2D eigenvalue weighted by molar-refractivity contribution is -0.132. The predicted molar refractivity (Wildman–Crippen MR) is 94.6 cm³/mol. The van der Waals surface area contributed by atoms with Crippen molar-refractivity contribution in [1.82, 2.24) is 19.8 Å². The van der Waals surface area contributed by atoms with Crippen LogP contribution in [0.3, 0.4) is 0 Å². The summed E-state index contributed by atoms with van der Waals surface area (Å²) in [7, 11) is 0. The molecular formula is C19H30N4O. The summed E-state index contributed by atoms with van der Waals surface area (Å²) < 4.78 is 0. The van der Waals surface area contributed by atoms with E-state index in [1.807, 2.05) is 12.4 Å². The number of carbonyl (C=O) groups excluding carboxylic acids is 1. The zero-order valence-electron chi connectivity index (χ0n) is 15.2. The summed E-state index contributed by atoms with van der Waals surface area (Å²) in [5, 5.41) is 0. The maximum absolute atomic E-state index is 12.1.